The van der Waals surface area contributed by atoms with Crippen LogP contribution in [0.2, 0.25) is 0 Å². The Kier molecular flexibility index (Phi) is 5.33. The van der Waals surface area contributed by atoms with Crippen molar-refractivity contribution in [2.75, 3.05) is 16.8 Å². The number of nitrogens with one attached hydrogen (secondary N) is 1. The van der Waals surface area contributed by atoms with Gasteiger partial charge in [0.2, 0.25) is 11.8 Å². The molecule has 0 aliphatic heterocycles. The highest BCUT2D eigenvalue weighted by atomic mass is 79.9. The number of halogens is 1. The molecular weight excluding hydrogens is 344 g/mol. The molecule has 4 nitrogen and oxygen atoms in total. The van der Waals surface area contributed by atoms with Gasteiger partial charge in [-0.3, -0.25) is 9.59 Å². The third-order valence-corrected chi connectivity index (χ3v) is 4.08. The summed E-state index contributed by atoms with van der Waals surface area (Å²) in [6.07, 6.45) is 0. The van der Waals surface area contributed by atoms with Gasteiger partial charge in [-0.2, -0.15) is 0 Å². The average molecular weight is 361 g/mol. The fraction of sp³-hybridized carbons (Fsp3) is 0.176. The Morgan fingerprint density at radius 1 is 1.14 bits per heavy atom. The van der Waals surface area contributed by atoms with Gasteiger partial charge in [0.1, 0.15) is 6.54 Å². The SMILES string of the molecule is CC(=O)N(CC(=O)Nc1ccccc1)c1ccc(Br)c(C)c1. The molecule has 2 rings (SSSR count). The molecule has 0 atom stereocenters. The van der Waals surface area contributed by atoms with E-state index in [1.165, 1.54) is 11.8 Å². The standard InChI is InChI=1S/C17H17BrN2O2/c1-12-10-15(8-9-16(12)18)20(13(2)21)11-17(22)19-14-6-4-3-5-7-14/h3-10H,11H2,1-2H3,(H,19,22). The van der Waals surface area contributed by atoms with Crippen molar-refractivity contribution < 1.29 is 9.59 Å². The topological polar surface area (TPSA) is 49.4 Å². The van der Waals surface area contributed by atoms with Crippen molar-refractivity contribution in [1.82, 2.24) is 0 Å². The monoisotopic (exact) mass is 360 g/mol. The molecule has 0 aliphatic rings. The van der Waals surface area contributed by atoms with Gasteiger partial charge >= 0.3 is 0 Å². The third kappa shape index (κ3) is 4.18. The van der Waals surface area contributed by atoms with E-state index in [0.29, 0.717) is 11.4 Å². The molecule has 0 aliphatic carbocycles. The zero-order chi connectivity index (χ0) is 16.1. The summed E-state index contributed by atoms with van der Waals surface area (Å²) in [6, 6.07) is 14.7. The number of amides is 2. The summed E-state index contributed by atoms with van der Waals surface area (Å²) in [5, 5.41) is 2.78. The van der Waals surface area contributed by atoms with Crippen LogP contribution in [0.4, 0.5) is 11.4 Å². The lowest BCUT2D eigenvalue weighted by Crippen LogP contribution is -2.36. The summed E-state index contributed by atoms with van der Waals surface area (Å²) in [5.74, 6) is -0.410. The molecule has 2 aromatic carbocycles. The number of nitrogens with zero attached hydrogens (tertiary/aromatic N) is 1. The van der Waals surface area contributed by atoms with Crippen LogP contribution in [0.3, 0.4) is 0 Å². The summed E-state index contributed by atoms with van der Waals surface area (Å²) in [5.41, 5.74) is 2.42. The molecule has 0 saturated heterocycles. The molecule has 2 aromatic rings. The van der Waals surface area contributed by atoms with E-state index in [9.17, 15) is 9.59 Å². The number of hydrogen-bond acceptors (Lipinski definition) is 2. The van der Waals surface area contributed by atoms with Crippen LogP contribution in [0.1, 0.15) is 12.5 Å². The Morgan fingerprint density at radius 2 is 1.82 bits per heavy atom. The third-order valence-electron chi connectivity index (χ3n) is 3.19. The first-order valence-corrected chi connectivity index (χ1v) is 7.66. The zero-order valence-electron chi connectivity index (χ0n) is 12.5. The van der Waals surface area contributed by atoms with E-state index < -0.39 is 0 Å². The number of benzene rings is 2. The predicted molar refractivity (Wildman–Crippen MR) is 92.0 cm³/mol. The summed E-state index contributed by atoms with van der Waals surface area (Å²) in [7, 11) is 0. The lowest BCUT2D eigenvalue weighted by molar-refractivity contribution is -0.120. The van der Waals surface area contributed by atoms with Gasteiger partial charge in [0.15, 0.2) is 0 Å². The van der Waals surface area contributed by atoms with Crippen molar-refractivity contribution in [3.8, 4) is 0 Å². The van der Waals surface area contributed by atoms with Gasteiger partial charge < -0.3 is 10.2 Å². The highest BCUT2D eigenvalue weighted by Gasteiger charge is 2.16. The van der Waals surface area contributed by atoms with Gasteiger partial charge in [0, 0.05) is 22.8 Å². The maximum absolute atomic E-state index is 12.1. The number of rotatable bonds is 4. The van der Waals surface area contributed by atoms with Gasteiger partial charge in [-0.1, -0.05) is 34.1 Å². The lowest BCUT2D eigenvalue weighted by Gasteiger charge is -2.21. The molecule has 0 unspecified atom stereocenters. The number of carbonyl (C=O) groups is 2. The van der Waals surface area contributed by atoms with Crippen LogP contribution >= 0.6 is 15.9 Å². The van der Waals surface area contributed by atoms with Crippen LogP contribution < -0.4 is 10.2 Å². The first kappa shape index (κ1) is 16.2. The van der Waals surface area contributed by atoms with Crippen LogP contribution in [0, 0.1) is 6.92 Å². The first-order chi connectivity index (χ1) is 10.5. The van der Waals surface area contributed by atoms with Gasteiger partial charge in [-0.25, -0.2) is 0 Å². The maximum Gasteiger partial charge on any atom is 0.244 e. The summed E-state index contributed by atoms with van der Waals surface area (Å²) < 4.78 is 0.966. The summed E-state index contributed by atoms with van der Waals surface area (Å²) in [4.78, 5) is 25.5. The molecule has 0 bridgehead atoms. The quantitative estimate of drug-likeness (QED) is 0.902. The number of para-hydroxylation sites is 1. The van der Waals surface area contributed by atoms with Crippen molar-refractivity contribution in [1.29, 1.82) is 0 Å². The Bertz CT molecular complexity index is 686. The van der Waals surface area contributed by atoms with E-state index >= 15 is 0 Å². The molecule has 2 amide bonds. The van der Waals surface area contributed by atoms with Crippen molar-refractivity contribution in [2.45, 2.75) is 13.8 Å². The zero-order valence-corrected chi connectivity index (χ0v) is 14.1. The summed E-state index contributed by atoms with van der Waals surface area (Å²) >= 11 is 3.43. The van der Waals surface area contributed by atoms with Gasteiger partial charge in [0.25, 0.3) is 0 Å². The Balaban J connectivity index is 2.13. The van der Waals surface area contributed by atoms with Crippen LogP contribution in [-0.4, -0.2) is 18.4 Å². The van der Waals surface area contributed by atoms with Crippen molar-refractivity contribution in [3.05, 3.63) is 58.6 Å². The van der Waals surface area contributed by atoms with E-state index in [-0.39, 0.29) is 18.4 Å². The second-order valence-electron chi connectivity index (χ2n) is 4.95. The average Bonchev–Trinajstić information content (AvgIpc) is 2.48. The van der Waals surface area contributed by atoms with Crippen molar-refractivity contribution in [2.24, 2.45) is 0 Å². The molecule has 0 heterocycles. The largest absolute Gasteiger partial charge is 0.325 e. The lowest BCUT2D eigenvalue weighted by atomic mass is 10.2. The minimum atomic E-state index is -0.234. The molecule has 1 N–H and O–H groups in total. The van der Waals surface area contributed by atoms with E-state index in [4.69, 9.17) is 0 Å². The fourth-order valence-corrected chi connectivity index (χ4v) is 2.29. The van der Waals surface area contributed by atoms with Crippen molar-refractivity contribution in [3.63, 3.8) is 0 Å². The number of carbonyl (C=O) groups excluding carboxylic acids is 2. The molecule has 114 valence electrons. The molecule has 0 fully saturated rings. The summed E-state index contributed by atoms with van der Waals surface area (Å²) in [6.45, 7) is 3.37. The smallest absolute Gasteiger partial charge is 0.244 e. The van der Waals surface area contributed by atoms with Gasteiger partial charge in [-0.15, -0.1) is 0 Å². The Morgan fingerprint density at radius 3 is 2.41 bits per heavy atom. The van der Waals surface area contributed by atoms with Crippen LogP contribution in [0.25, 0.3) is 0 Å². The van der Waals surface area contributed by atoms with E-state index in [2.05, 4.69) is 21.2 Å². The number of anilines is 2. The van der Waals surface area contributed by atoms with E-state index in [1.54, 1.807) is 12.1 Å². The molecule has 0 spiro atoms. The van der Waals surface area contributed by atoms with Gasteiger partial charge in [-0.05, 0) is 42.8 Å². The molecular formula is C17H17BrN2O2. The minimum Gasteiger partial charge on any atom is -0.325 e. The predicted octanol–water partition coefficient (Wildman–Crippen LogP) is 3.75. The van der Waals surface area contributed by atoms with Crippen molar-refractivity contribution >= 4 is 39.1 Å². The normalized spacial score (nSPS) is 10.1. The van der Waals surface area contributed by atoms with Crippen LogP contribution in [-0.2, 0) is 9.59 Å². The highest BCUT2D eigenvalue weighted by molar-refractivity contribution is 9.10. The highest BCUT2D eigenvalue weighted by Crippen LogP contribution is 2.23. The van der Waals surface area contributed by atoms with Crippen LogP contribution in [0.5, 0.6) is 0 Å². The molecule has 0 radical (unpaired) electrons. The minimum absolute atomic E-state index is 0.0225. The molecule has 22 heavy (non-hydrogen) atoms. The Labute approximate surface area is 138 Å². The molecule has 5 heteroatoms. The van der Waals surface area contributed by atoms with Crippen LogP contribution in [0.15, 0.2) is 53.0 Å². The Hall–Kier alpha value is -2.14. The second-order valence-corrected chi connectivity index (χ2v) is 5.81. The molecule has 0 saturated carbocycles. The second kappa shape index (κ2) is 7.22. The number of hydrogen-bond donors (Lipinski definition) is 1. The fourth-order valence-electron chi connectivity index (χ4n) is 2.05. The van der Waals surface area contributed by atoms with Gasteiger partial charge in [0.05, 0.1) is 0 Å². The van der Waals surface area contributed by atoms with E-state index in [0.717, 1.165) is 10.0 Å². The van der Waals surface area contributed by atoms with E-state index in [1.807, 2.05) is 43.3 Å². The first-order valence-electron chi connectivity index (χ1n) is 6.86. The number of aryl methyl sites for hydroxylation is 1. The molecule has 0 aromatic heterocycles. The maximum atomic E-state index is 12.1.